The molecule has 0 radical (unpaired) electrons. The van der Waals surface area contributed by atoms with E-state index in [1.807, 2.05) is 11.8 Å². The zero-order valence-corrected chi connectivity index (χ0v) is 13.3. The molecule has 1 aromatic carbocycles. The van der Waals surface area contributed by atoms with Crippen LogP contribution in [0.2, 0.25) is 0 Å². The van der Waals surface area contributed by atoms with Crippen LogP contribution in [0.25, 0.3) is 0 Å². The van der Waals surface area contributed by atoms with E-state index in [2.05, 4.69) is 35.6 Å². The smallest absolute Gasteiger partial charge is 0.00719 e. The minimum atomic E-state index is 0.600. The Bertz CT molecular complexity index is 393. The number of nitrogens with one attached hydrogen (secondary N) is 1. The van der Waals surface area contributed by atoms with Crippen molar-refractivity contribution in [2.45, 2.75) is 62.3 Å². The van der Waals surface area contributed by atoms with E-state index in [-0.39, 0.29) is 0 Å². The molecule has 0 amide bonds. The van der Waals surface area contributed by atoms with Crippen molar-refractivity contribution in [3.05, 3.63) is 30.3 Å². The van der Waals surface area contributed by atoms with Gasteiger partial charge in [0.2, 0.25) is 0 Å². The van der Waals surface area contributed by atoms with Crippen molar-refractivity contribution in [1.29, 1.82) is 0 Å². The Morgan fingerprint density at radius 2 is 1.80 bits per heavy atom. The zero-order valence-electron chi connectivity index (χ0n) is 12.4. The summed E-state index contributed by atoms with van der Waals surface area (Å²) in [6, 6.07) is 11.7. The SMILES string of the molecule is c1ccc(SCCC2(CNC3CC3)CCCCC2)cc1. The molecule has 2 aliphatic rings. The van der Waals surface area contributed by atoms with Crippen LogP contribution in [0.1, 0.15) is 51.4 Å². The highest BCUT2D eigenvalue weighted by Gasteiger charge is 2.33. The van der Waals surface area contributed by atoms with Crippen molar-refractivity contribution in [3.8, 4) is 0 Å². The molecule has 0 atom stereocenters. The van der Waals surface area contributed by atoms with E-state index in [0.717, 1.165) is 6.04 Å². The Kier molecular flexibility index (Phi) is 5.06. The molecule has 0 spiro atoms. The summed E-state index contributed by atoms with van der Waals surface area (Å²) in [5, 5.41) is 3.81. The fourth-order valence-corrected chi connectivity index (χ4v) is 4.49. The molecular weight excluding hydrogens is 262 g/mol. The molecule has 2 saturated carbocycles. The van der Waals surface area contributed by atoms with Gasteiger partial charge in [0.15, 0.2) is 0 Å². The maximum atomic E-state index is 3.81. The molecule has 1 N–H and O–H groups in total. The lowest BCUT2D eigenvalue weighted by Gasteiger charge is -2.38. The summed E-state index contributed by atoms with van der Waals surface area (Å²) >= 11 is 2.03. The van der Waals surface area contributed by atoms with Gasteiger partial charge in [-0.1, -0.05) is 37.5 Å². The second-order valence-corrected chi connectivity index (χ2v) is 7.80. The van der Waals surface area contributed by atoms with Gasteiger partial charge in [-0.25, -0.2) is 0 Å². The monoisotopic (exact) mass is 289 g/mol. The molecule has 110 valence electrons. The van der Waals surface area contributed by atoms with Crippen LogP contribution in [0.5, 0.6) is 0 Å². The number of benzene rings is 1. The van der Waals surface area contributed by atoms with E-state index in [1.54, 1.807) is 0 Å². The lowest BCUT2D eigenvalue weighted by molar-refractivity contribution is 0.175. The maximum absolute atomic E-state index is 3.81. The summed E-state index contributed by atoms with van der Waals surface area (Å²) in [5.74, 6) is 1.27. The molecule has 2 aliphatic carbocycles. The van der Waals surface area contributed by atoms with E-state index in [4.69, 9.17) is 0 Å². The van der Waals surface area contributed by atoms with Crippen molar-refractivity contribution in [2.75, 3.05) is 12.3 Å². The minimum absolute atomic E-state index is 0.600. The van der Waals surface area contributed by atoms with Gasteiger partial charge in [-0.3, -0.25) is 0 Å². The van der Waals surface area contributed by atoms with Gasteiger partial charge in [-0.05, 0) is 55.4 Å². The Hall–Kier alpha value is -0.470. The third kappa shape index (κ3) is 4.26. The highest BCUT2D eigenvalue weighted by atomic mass is 32.2. The summed E-state index contributed by atoms with van der Waals surface area (Å²) in [6.45, 7) is 1.27. The molecule has 2 heteroatoms. The molecule has 0 aliphatic heterocycles. The quantitative estimate of drug-likeness (QED) is 0.719. The van der Waals surface area contributed by atoms with Crippen molar-refractivity contribution < 1.29 is 0 Å². The van der Waals surface area contributed by atoms with E-state index in [0.29, 0.717) is 5.41 Å². The normalized spacial score (nSPS) is 21.8. The second kappa shape index (κ2) is 7.00. The predicted molar refractivity (Wildman–Crippen MR) is 88.3 cm³/mol. The van der Waals surface area contributed by atoms with E-state index in [1.165, 1.54) is 68.6 Å². The Morgan fingerprint density at radius 1 is 1.05 bits per heavy atom. The zero-order chi connectivity index (χ0) is 13.7. The van der Waals surface area contributed by atoms with Crippen LogP contribution in [-0.4, -0.2) is 18.3 Å². The van der Waals surface area contributed by atoms with E-state index in [9.17, 15) is 0 Å². The molecular formula is C18H27NS. The maximum Gasteiger partial charge on any atom is 0.00719 e. The van der Waals surface area contributed by atoms with E-state index >= 15 is 0 Å². The van der Waals surface area contributed by atoms with Gasteiger partial charge < -0.3 is 5.32 Å². The fourth-order valence-electron chi connectivity index (χ4n) is 3.37. The summed E-state index contributed by atoms with van der Waals surface area (Å²) < 4.78 is 0. The summed E-state index contributed by atoms with van der Waals surface area (Å²) in [7, 11) is 0. The van der Waals surface area contributed by atoms with Crippen molar-refractivity contribution in [3.63, 3.8) is 0 Å². The molecule has 20 heavy (non-hydrogen) atoms. The van der Waals surface area contributed by atoms with Crippen LogP contribution >= 0.6 is 11.8 Å². The summed E-state index contributed by atoms with van der Waals surface area (Å²) in [5.41, 5.74) is 0.600. The number of hydrogen-bond acceptors (Lipinski definition) is 2. The molecule has 2 fully saturated rings. The first-order valence-corrected chi connectivity index (χ1v) is 9.26. The van der Waals surface area contributed by atoms with Gasteiger partial charge in [0.25, 0.3) is 0 Å². The lowest BCUT2D eigenvalue weighted by atomic mass is 9.72. The summed E-state index contributed by atoms with van der Waals surface area (Å²) in [6.07, 6.45) is 11.4. The first-order chi connectivity index (χ1) is 9.86. The molecule has 0 heterocycles. The highest BCUT2D eigenvalue weighted by molar-refractivity contribution is 7.99. The molecule has 0 bridgehead atoms. The van der Waals surface area contributed by atoms with Crippen LogP contribution in [0.15, 0.2) is 35.2 Å². The fraction of sp³-hybridized carbons (Fsp3) is 0.667. The number of hydrogen-bond donors (Lipinski definition) is 1. The van der Waals surface area contributed by atoms with Crippen molar-refractivity contribution >= 4 is 11.8 Å². The average molecular weight is 289 g/mol. The van der Waals surface area contributed by atoms with Crippen LogP contribution < -0.4 is 5.32 Å². The largest absolute Gasteiger partial charge is 0.313 e. The van der Waals surface area contributed by atoms with Crippen molar-refractivity contribution in [2.24, 2.45) is 5.41 Å². The average Bonchev–Trinajstić information content (AvgIpc) is 3.32. The van der Waals surface area contributed by atoms with Gasteiger partial charge in [0.1, 0.15) is 0 Å². The molecule has 0 unspecified atom stereocenters. The molecule has 1 nitrogen and oxygen atoms in total. The molecule has 3 rings (SSSR count). The van der Waals surface area contributed by atoms with E-state index < -0.39 is 0 Å². The Labute approximate surface area is 127 Å². The summed E-state index contributed by atoms with van der Waals surface area (Å²) in [4.78, 5) is 1.42. The lowest BCUT2D eigenvalue weighted by Crippen LogP contribution is -2.37. The predicted octanol–water partition coefficient (Wildman–Crippen LogP) is 4.87. The first-order valence-electron chi connectivity index (χ1n) is 8.28. The molecule has 0 aromatic heterocycles. The van der Waals surface area contributed by atoms with Gasteiger partial charge in [0, 0.05) is 17.5 Å². The van der Waals surface area contributed by atoms with Gasteiger partial charge in [-0.15, -0.1) is 11.8 Å². The highest BCUT2D eigenvalue weighted by Crippen LogP contribution is 2.41. The van der Waals surface area contributed by atoms with Crippen LogP contribution in [0.4, 0.5) is 0 Å². The van der Waals surface area contributed by atoms with Gasteiger partial charge in [-0.2, -0.15) is 0 Å². The standard InChI is InChI=1S/C18H27NS/c1-3-7-17(8-4-1)20-14-13-18(11-5-2-6-12-18)15-19-16-9-10-16/h1,3-4,7-8,16,19H,2,5-6,9-15H2. The third-order valence-electron chi connectivity index (χ3n) is 4.90. The van der Waals surface area contributed by atoms with Crippen LogP contribution in [0, 0.1) is 5.41 Å². The van der Waals surface area contributed by atoms with Gasteiger partial charge >= 0.3 is 0 Å². The molecule has 0 saturated heterocycles. The first kappa shape index (κ1) is 14.5. The number of thioether (sulfide) groups is 1. The van der Waals surface area contributed by atoms with Crippen molar-refractivity contribution in [1.82, 2.24) is 5.32 Å². The number of rotatable bonds is 7. The third-order valence-corrected chi connectivity index (χ3v) is 5.92. The van der Waals surface area contributed by atoms with Gasteiger partial charge in [0.05, 0.1) is 0 Å². The molecule has 1 aromatic rings. The second-order valence-electron chi connectivity index (χ2n) is 6.63. The Morgan fingerprint density at radius 3 is 2.50 bits per heavy atom. The van der Waals surface area contributed by atoms with Crippen LogP contribution in [0.3, 0.4) is 0 Å². The topological polar surface area (TPSA) is 12.0 Å². The van der Waals surface area contributed by atoms with Crippen LogP contribution in [-0.2, 0) is 0 Å². The minimum Gasteiger partial charge on any atom is -0.313 e. The Balaban J connectivity index is 1.49.